The number of carbonyl (C=O) groups is 1. The van der Waals surface area contributed by atoms with E-state index < -0.39 is 18.1 Å². The van der Waals surface area contributed by atoms with E-state index in [2.05, 4.69) is 5.32 Å². The van der Waals surface area contributed by atoms with Gasteiger partial charge in [-0.15, -0.1) is 12.4 Å². The Hall–Kier alpha value is -0.320. The van der Waals surface area contributed by atoms with Crippen molar-refractivity contribution in [2.75, 3.05) is 6.54 Å². The maximum atomic E-state index is 10.3. The molecule has 1 aliphatic heterocycles. The van der Waals surface area contributed by atoms with E-state index in [9.17, 15) is 4.79 Å². The topological polar surface area (TPSA) is 69.6 Å². The molecule has 0 unspecified atom stereocenters. The van der Waals surface area contributed by atoms with Gasteiger partial charge in [-0.25, -0.2) is 0 Å². The Balaban J connectivity index is 0.000001000. The lowest BCUT2D eigenvalue weighted by atomic mass is 10.0. The summed E-state index contributed by atoms with van der Waals surface area (Å²) in [7, 11) is 0. The fourth-order valence-electron chi connectivity index (χ4n) is 1.09. The molecule has 0 aliphatic carbocycles. The lowest BCUT2D eigenvalue weighted by Crippen LogP contribution is -2.45. The number of aliphatic carboxylic acids is 1. The molecule has 0 aromatic rings. The van der Waals surface area contributed by atoms with Gasteiger partial charge >= 0.3 is 5.97 Å². The standard InChI is InChI=1S/C6H11NO3.ClH/c8-4-1-2-7-5(3-4)6(9)10;/h4-5,7-8H,1-3H2,(H,9,10);1H/t4-,5-;/m1./s1. The third-order valence-corrected chi connectivity index (χ3v) is 1.67. The van der Waals surface area contributed by atoms with Crippen molar-refractivity contribution in [2.24, 2.45) is 0 Å². The lowest BCUT2D eigenvalue weighted by Gasteiger charge is -2.23. The summed E-state index contributed by atoms with van der Waals surface area (Å²) in [5.74, 6) is -0.876. The van der Waals surface area contributed by atoms with E-state index in [4.69, 9.17) is 10.2 Å². The van der Waals surface area contributed by atoms with Crippen molar-refractivity contribution in [3.63, 3.8) is 0 Å². The van der Waals surface area contributed by atoms with Crippen LogP contribution in [-0.2, 0) is 4.79 Å². The van der Waals surface area contributed by atoms with Gasteiger partial charge in [-0.2, -0.15) is 0 Å². The largest absolute Gasteiger partial charge is 0.480 e. The van der Waals surface area contributed by atoms with Gasteiger partial charge in [0.15, 0.2) is 0 Å². The number of nitrogens with one attached hydrogen (secondary N) is 1. The first-order valence-corrected chi connectivity index (χ1v) is 3.34. The first kappa shape index (κ1) is 10.7. The molecular weight excluding hydrogens is 170 g/mol. The quantitative estimate of drug-likeness (QED) is 0.515. The summed E-state index contributed by atoms with van der Waals surface area (Å²) in [6, 6.07) is -0.552. The Labute approximate surface area is 71.0 Å². The van der Waals surface area contributed by atoms with Gasteiger partial charge in [0.25, 0.3) is 0 Å². The Bertz CT molecular complexity index is 142. The van der Waals surface area contributed by atoms with Crippen LogP contribution in [-0.4, -0.2) is 34.9 Å². The molecule has 4 nitrogen and oxygen atoms in total. The highest BCUT2D eigenvalue weighted by Gasteiger charge is 2.24. The zero-order valence-corrected chi connectivity index (χ0v) is 6.80. The predicted octanol–water partition coefficient (Wildman–Crippen LogP) is -0.394. The van der Waals surface area contributed by atoms with Crippen LogP contribution in [0.1, 0.15) is 12.8 Å². The summed E-state index contributed by atoms with van der Waals surface area (Å²) in [4.78, 5) is 10.3. The van der Waals surface area contributed by atoms with Crippen LogP contribution in [0.5, 0.6) is 0 Å². The van der Waals surface area contributed by atoms with Crippen molar-refractivity contribution in [2.45, 2.75) is 25.0 Å². The molecule has 1 fully saturated rings. The lowest BCUT2D eigenvalue weighted by molar-refractivity contribution is -0.141. The molecule has 11 heavy (non-hydrogen) atoms. The first-order valence-electron chi connectivity index (χ1n) is 3.34. The molecule has 0 aromatic carbocycles. The van der Waals surface area contributed by atoms with Crippen molar-refractivity contribution >= 4 is 18.4 Å². The first-order chi connectivity index (χ1) is 4.70. The molecule has 0 radical (unpaired) electrons. The average Bonchev–Trinajstić information content (AvgIpc) is 1.88. The molecule has 0 spiro atoms. The number of hydrogen-bond donors (Lipinski definition) is 3. The number of aliphatic hydroxyl groups excluding tert-OH is 1. The Morgan fingerprint density at radius 3 is 2.55 bits per heavy atom. The summed E-state index contributed by atoms with van der Waals surface area (Å²) in [5, 5.41) is 20.3. The molecule has 1 heterocycles. The fraction of sp³-hybridized carbons (Fsp3) is 0.833. The van der Waals surface area contributed by atoms with Crippen LogP contribution in [0.25, 0.3) is 0 Å². The molecule has 1 rings (SSSR count). The molecule has 0 saturated carbocycles. The molecule has 2 atom stereocenters. The molecule has 0 bridgehead atoms. The van der Waals surface area contributed by atoms with Gasteiger partial charge < -0.3 is 15.5 Å². The number of carboxylic acids is 1. The van der Waals surface area contributed by atoms with Crippen molar-refractivity contribution in [1.29, 1.82) is 0 Å². The van der Waals surface area contributed by atoms with Crippen LogP contribution in [0.3, 0.4) is 0 Å². The van der Waals surface area contributed by atoms with Gasteiger partial charge in [0.05, 0.1) is 6.10 Å². The van der Waals surface area contributed by atoms with Gasteiger partial charge in [-0.1, -0.05) is 0 Å². The number of hydrogen-bond acceptors (Lipinski definition) is 3. The number of carboxylic acid groups (broad SMARTS) is 1. The molecule has 1 aliphatic rings. The fourth-order valence-corrected chi connectivity index (χ4v) is 1.09. The van der Waals surface area contributed by atoms with E-state index in [1.807, 2.05) is 0 Å². The minimum absolute atomic E-state index is 0. The maximum absolute atomic E-state index is 10.3. The van der Waals surface area contributed by atoms with Gasteiger partial charge in [0.1, 0.15) is 6.04 Å². The van der Waals surface area contributed by atoms with E-state index in [0.717, 1.165) is 0 Å². The maximum Gasteiger partial charge on any atom is 0.320 e. The third-order valence-electron chi connectivity index (χ3n) is 1.67. The second-order valence-corrected chi connectivity index (χ2v) is 2.52. The molecule has 1 saturated heterocycles. The number of piperidine rings is 1. The summed E-state index contributed by atoms with van der Waals surface area (Å²) < 4.78 is 0. The number of rotatable bonds is 1. The third kappa shape index (κ3) is 3.05. The van der Waals surface area contributed by atoms with Gasteiger partial charge in [0, 0.05) is 0 Å². The molecule has 3 N–H and O–H groups in total. The minimum atomic E-state index is -0.876. The smallest absolute Gasteiger partial charge is 0.320 e. The van der Waals surface area contributed by atoms with E-state index in [0.29, 0.717) is 19.4 Å². The SMILES string of the molecule is Cl.O=C(O)[C@H]1C[C@H](O)CCN1. The van der Waals surface area contributed by atoms with E-state index in [-0.39, 0.29) is 12.4 Å². The predicted molar refractivity (Wildman–Crippen MR) is 41.9 cm³/mol. The zero-order valence-electron chi connectivity index (χ0n) is 5.99. The Kier molecular flexibility index (Phi) is 4.40. The highest BCUT2D eigenvalue weighted by atomic mass is 35.5. The molecule has 0 aromatic heterocycles. The van der Waals surface area contributed by atoms with Gasteiger partial charge in [0.2, 0.25) is 0 Å². The molecule has 66 valence electrons. The average molecular weight is 182 g/mol. The summed E-state index contributed by atoms with van der Waals surface area (Å²) in [6.07, 6.45) is 0.543. The van der Waals surface area contributed by atoms with Crippen molar-refractivity contribution < 1.29 is 15.0 Å². The van der Waals surface area contributed by atoms with Crippen LogP contribution in [0, 0.1) is 0 Å². The second kappa shape index (κ2) is 4.54. The monoisotopic (exact) mass is 181 g/mol. The van der Waals surface area contributed by atoms with Crippen molar-refractivity contribution in [3.05, 3.63) is 0 Å². The van der Waals surface area contributed by atoms with E-state index in [1.165, 1.54) is 0 Å². The highest BCUT2D eigenvalue weighted by molar-refractivity contribution is 5.85. The molecule has 5 heteroatoms. The number of aliphatic hydroxyl groups is 1. The van der Waals surface area contributed by atoms with Crippen LogP contribution in [0.4, 0.5) is 0 Å². The number of halogens is 1. The van der Waals surface area contributed by atoms with E-state index in [1.54, 1.807) is 0 Å². The highest BCUT2D eigenvalue weighted by Crippen LogP contribution is 2.07. The van der Waals surface area contributed by atoms with Crippen molar-refractivity contribution in [1.82, 2.24) is 5.32 Å². The zero-order chi connectivity index (χ0) is 7.56. The second-order valence-electron chi connectivity index (χ2n) is 2.52. The Morgan fingerprint density at radius 1 is 1.55 bits per heavy atom. The van der Waals surface area contributed by atoms with E-state index >= 15 is 0 Å². The summed E-state index contributed by atoms with van der Waals surface area (Å²) in [5.41, 5.74) is 0. The summed E-state index contributed by atoms with van der Waals surface area (Å²) in [6.45, 7) is 0.595. The molecule has 0 amide bonds. The van der Waals surface area contributed by atoms with Gasteiger partial charge in [-0.05, 0) is 19.4 Å². The van der Waals surface area contributed by atoms with Crippen LogP contribution in [0.15, 0.2) is 0 Å². The summed E-state index contributed by atoms with van der Waals surface area (Å²) >= 11 is 0. The van der Waals surface area contributed by atoms with Crippen LogP contribution < -0.4 is 5.32 Å². The Morgan fingerprint density at radius 2 is 2.18 bits per heavy atom. The molecular formula is C6H12ClNO3. The minimum Gasteiger partial charge on any atom is -0.480 e. The van der Waals surface area contributed by atoms with Crippen molar-refractivity contribution in [3.8, 4) is 0 Å². The van der Waals surface area contributed by atoms with Crippen LogP contribution in [0.2, 0.25) is 0 Å². The normalized spacial score (nSPS) is 30.6. The van der Waals surface area contributed by atoms with Gasteiger partial charge in [-0.3, -0.25) is 4.79 Å². The van der Waals surface area contributed by atoms with Crippen LogP contribution >= 0.6 is 12.4 Å².